The summed E-state index contributed by atoms with van der Waals surface area (Å²) in [5.41, 5.74) is 0.820. The summed E-state index contributed by atoms with van der Waals surface area (Å²) in [4.78, 5) is 36.9. The zero-order chi connectivity index (χ0) is 16.3. The fourth-order valence-electron chi connectivity index (χ4n) is 2.26. The van der Waals surface area contributed by atoms with Crippen molar-refractivity contribution >= 4 is 17.8 Å². The lowest BCUT2D eigenvalue weighted by atomic mass is 10.1. The van der Waals surface area contributed by atoms with Crippen molar-refractivity contribution in [3.05, 3.63) is 35.4 Å². The van der Waals surface area contributed by atoms with Gasteiger partial charge in [-0.15, -0.1) is 0 Å². The van der Waals surface area contributed by atoms with E-state index in [2.05, 4.69) is 5.32 Å². The predicted molar refractivity (Wildman–Crippen MR) is 80.7 cm³/mol. The lowest BCUT2D eigenvalue weighted by Crippen LogP contribution is -2.38. The van der Waals surface area contributed by atoms with Gasteiger partial charge in [0.2, 0.25) is 0 Å². The van der Waals surface area contributed by atoms with Gasteiger partial charge in [-0.25, -0.2) is 0 Å². The summed E-state index contributed by atoms with van der Waals surface area (Å²) in [6, 6.07) is 6.59. The number of carbonyl (C=O) groups is 3. The molecule has 1 aromatic carbocycles. The van der Waals surface area contributed by atoms with E-state index in [9.17, 15) is 14.4 Å². The molecule has 1 atom stereocenters. The van der Waals surface area contributed by atoms with Gasteiger partial charge >= 0.3 is 5.97 Å². The highest BCUT2D eigenvalue weighted by molar-refractivity contribution is 5.99. The molecule has 0 radical (unpaired) electrons. The quantitative estimate of drug-likeness (QED) is 0.831. The highest BCUT2D eigenvalue weighted by Gasteiger charge is 2.35. The van der Waals surface area contributed by atoms with E-state index < -0.39 is 11.9 Å². The number of nitrogens with one attached hydrogen (secondary N) is 1. The Morgan fingerprint density at radius 1 is 1.32 bits per heavy atom. The zero-order valence-electron chi connectivity index (χ0n) is 12.7. The summed E-state index contributed by atoms with van der Waals surface area (Å²) >= 11 is 0. The molecule has 2 amide bonds. The molecule has 0 heterocycles. The van der Waals surface area contributed by atoms with Crippen LogP contribution >= 0.6 is 0 Å². The van der Waals surface area contributed by atoms with Gasteiger partial charge in [0.05, 0.1) is 5.92 Å². The minimum Gasteiger partial charge on any atom is -0.481 e. The van der Waals surface area contributed by atoms with Crippen LogP contribution in [0.15, 0.2) is 24.3 Å². The first-order valence-corrected chi connectivity index (χ1v) is 7.30. The van der Waals surface area contributed by atoms with E-state index >= 15 is 0 Å². The molecule has 2 rings (SSSR count). The molecular weight excluding hydrogens is 284 g/mol. The van der Waals surface area contributed by atoms with Crippen molar-refractivity contribution in [3.63, 3.8) is 0 Å². The average Bonchev–Trinajstić information content (AvgIpc) is 3.35. The number of rotatable bonds is 6. The first kappa shape index (κ1) is 16.0. The Morgan fingerprint density at radius 3 is 2.50 bits per heavy atom. The van der Waals surface area contributed by atoms with Crippen molar-refractivity contribution in [1.82, 2.24) is 10.2 Å². The molecule has 118 valence electrons. The molecule has 0 saturated heterocycles. The van der Waals surface area contributed by atoms with Crippen LogP contribution < -0.4 is 5.32 Å². The van der Waals surface area contributed by atoms with Crippen LogP contribution in [-0.2, 0) is 4.79 Å². The van der Waals surface area contributed by atoms with Crippen LogP contribution in [0.2, 0.25) is 0 Å². The van der Waals surface area contributed by atoms with Crippen molar-refractivity contribution in [3.8, 4) is 0 Å². The minimum absolute atomic E-state index is 0.109. The Morgan fingerprint density at radius 2 is 1.95 bits per heavy atom. The van der Waals surface area contributed by atoms with Gasteiger partial charge in [-0.3, -0.25) is 14.4 Å². The van der Waals surface area contributed by atoms with Gasteiger partial charge in [0, 0.05) is 30.8 Å². The van der Waals surface area contributed by atoms with Crippen LogP contribution in [0.1, 0.15) is 40.5 Å². The van der Waals surface area contributed by atoms with Crippen molar-refractivity contribution in [2.24, 2.45) is 5.92 Å². The predicted octanol–water partition coefficient (Wildman–Crippen LogP) is 1.37. The van der Waals surface area contributed by atoms with Gasteiger partial charge < -0.3 is 15.3 Å². The fraction of sp³-hybridized carbons (Fsp3) is 0.438. The molecule has 1 fully saturated rings. The molecule has 0 aliphatic heterocycles. The van der Waals surface area contributed by atoms with Crippen LogP contribution in [0.5, 0.6) is 0 Å². The van der Waals surface area contributed by atoms with Gasteiger partial charge in [0.1, 0.15) is 0 Å². The smallest absolute Gasteiger partial charge is 0.308 e. The minimum atomic E-state index is -0.919. The second-order valence-corrected chi connectivity index (χ2v) is 5.59. The molecule has 1 aromatic rings. The van der Waals surface area contributed by atoms with Gasteiger partial charge in [0.25, 0.3) is 11.8 Å². The Balaban J connectivity index is 2.20. The average molecular weight is 304 g/mol. The van der Waals surface area contributed by atoms with E-state index in [1.807, 2.05) is 0 Å². The third-order valence-corrected chi connectivity index (χ3v) is 3.74. The van der Waals surface area contributed by atoms with E-state index in [-0.39, 0.29) is 24.4 Å². The van der Waals surface area contributed by atoms with Gasteiger partial charge in [-0.1, -0.05) is 13.0 Å². The second kappa shape index (κ2) is 6.60. The maximum Gasteiger partial charge on any atom is 0.308 e. The molecule has 1 saturated carbocycles. The largest absolute Gasteiger partial charge is 0.481 e. The number of benzene rings is 1. The van der Waals surface area contributed by atoms with E-state index in [4.69, 9.17) is 5.11 Å². The number of nitrogens with zero attached hydrogens (tertiary/aromatic N) is 1. The van der Waals surface area contributed by atoms with E-state index in [1.54, 1.807) is 36.1 Å². The molecule has 6 heteroatoms. The molecule has 0 aromatic heterocycles. The molecule has 0 spiro atoms. The first-order valence-electron chi connectivity index (χ1n) is 7.30. The van der Waals surface area contributed by atoms with Crippen LogP contribution in [0.3, 0.4) is 0 Å². The third-order valence-electron chi connectivity index (χ3n) is 3.74. The molecular formula is C16H20N2O4. The molecule has 0 bridgehead atoms. The van der Waals surface area contributed by atoms with Crippen LogP contribution in [0.4, 0.5) is 0 Å². The van der Waals surface area contributed by atoms with Crippen LogP contribution in [0.25, 0.3) is 0 Å². The number of carboxylic acid groups (broad SMARTS) is 1. The zero-order valence-corrected chi connectivity index (χ0v) is 12.7. The molecule has 6 nitrogen and oxygen atoms in total. The summed E-state index contributed by atoms with van der Waals surface area (Å²) in [6.07, 6.45) is 1.79. The van der Waals surface area contributed by atoms with Crippen molar-refractivity contribution in [1.29, 1.82) is 0 Å². The Kier molecular flexibility index (Phi) is 4.80. The Bertz CT molecular complexity index is 596. The number of amides is 2. The third kappa shape index (κ3) is 3.63. The first-order chi connectivity index (χ1) is 10.4. The summed E-state index contributed by atoms with van der Waals surface area (Å²) in [5, 5.41) is 11.6. The maximum atomic E-state index is 12.6. The molecule has 1 aliphatic carbocycles. The van der Waals surface area contributed by atoms with Crippen molar-refractivity contribution < 1.29 is 19.5 Å². The number of carbonyl (C=O) groups excluding carboxylic acids is 2. The number of hydrogen-bond donors (Lipinski definition) is 2. The van der Waals surface area contributed by atoms with Crippen LogP contribution in [0, 0.1) is 5.92 Å². The van der Waals surface area contributed by atoms with Gasteiger partial charge in [-0.2, -0.15) is 0 Å². The molecule has 2 N–H and O–H groups in total. The van der Waals surface area contributed by atoms with Crippen molar-refractivity contribution in [2.75, 3.05) is 13.6 Å². The fourth-order valence-corrected chi connectivity index (χ4v) is 2.26. The van der Waals surface area contributed by atoms with Gasteiger partial charge in [0.15, 0.2) is 0 Å². The monoisotopic (exact) mass is 304 g/mol. The number of aliphatic carboxylic acids is 1. The maximum absolute atomic E-state index is 12.6. The lowest BCUT2D eigenvalue weighted by molar-refractivity contribution is -0.141. The number of hydrogen-bond acceptors (Lipinski definition) is 3. The van der Waals surface area contributed by atoms with Gasteiger partial charge in [-0.05, 0) is 31.0 Å². The normalized spacial score (nSPS) is 15.0. The summed E-state index contributed by atoms with van der Waals surface area (Å²) in [6.45, 7) is 1.77. The molecule has 1 aliphatic rings. The van der Waals surface area contributed by atoms with Crippen molar-refractivity contribution in [2.45, 2.75) is 25.8 Å². The van der Waals surface area contributed by atoms with E-state index in [0.717, 1.165) is 12.8 Å². The highest BCUT2D eigenvalue weighted by Crippen LogP contribution is 2.29. The van der Waals surface area contributed by atoms with Crippen LogP contribution in [-0.4, -0.2) is 47.4 Å². The standard InChI is InChI=1S/C16H20N2O4/c1-10(16(21)22)9-18(13-6-7-13)15(20)12-5-3-4-11(8-12)14(19)17-2/h3-5,8,10,13H,6-7,9H2,1-2H3,(H,17,19)(H,21,22). The highest BCUT2D eigenvalue weighted by atomic mass is 16.4. The summed E-state index contributed by atoms with van der Waals surface area (Å²) in [5.74, 6) is -2.02. The number of carboxylic acids is 1. The molecule has 22 heavy (non-hydrogen) atoms. The topological polar surface area (TPSA) is 86.7 Å². The SMILES string of the molecule is CNC(=O)c1cccc(C(=O)N(CC(C)C(=O)O)C2CC2)c1. The Hall–Kier alpha value is -2.37. The molecule has 1 unspecified atom stereocenters. The van der Waals surface area contributed by atoms with E-state index in [0.29, 0.717) is 11.1 Å². The van der Waals surface area contributed by atoms with E-state index in [1.165, 1.54) is 7.05 Å². The summed E-state index contributed by atoms with van der Waals surface area (Å²) < 4.78 is 0. The summed E-state index contributed by atoms with van der Waals surface area (Å²) in [7, 11) is 1.53. The second-order valence-electron chi connectivity index (χ2n) is 5.59. The lowest BCUT2D eigenvalue weighted by Gasteiger charge is -2.24. The Labute approximate surface area is 129 Å².